The SMILES string of the molecule is COc1ccc(/C=C/C(=O)OCC(=O)c2ccc(CCCNC(C)=O)cc2)cc1OC. The molecule has 0 heterocycles. The second kappa shape index (κ2) is 12.2. The maximum atomic E-state index is 12.2. The molecule has 31 heavy (non-hydrogen) atoms. The van der Waals surface area contributed by atoms with E-state index in [9.17, 15) is 14.4 Å². The van der Waals surface area contributed by atoms with Gasteiger partial charge in [0.15, 0.2) is 23.9 Å². The number of amides is 1. The minimum atomic E-state index is -0.613. The molecule has 0 fully saturated rings. The van der Waals surface area contributed by atoms with Gasteiger partial charge < -0.3 is 19.5 Å². The highest BCUT2D eigenvalue weighted by molar-refractivity contribution is 5.98. The molecule has 0 spiro atoms. The van der Waals surface area contributed by atoms with Crippen LogP contribution >= 0.6 is 0 Å². The highest BCUT2D eigenvalue weighted by Crippen LogP contribution is 2.27. The molecule has 164 valence electrons. The average Bonchev–Trinajstić information content (AvgIpc) is 2.78. The summed E-state index contributed by atoms with van der Waals surface area (Å²) in [7, 11) is 3.08. The van der Waals surface area contributed by atoms with Crippen LogP contribution in [0.5, 0.6) is 11.5 Å². The number of ketones is 1. The Morgan fingerprint density at radius 1 is 0.968 bits per heavy atom. The van der Waals surface area contributed by atoms with Crippen molar-refractivity contribution in [3.63, 3.8) is 0 Å². The largest absolute Gasteiger partial charge is 0.493 e. The third-order valence-electron chi connectivity index (χ3n) is 4.46. The van der Waals surface area contributed by atoms with Gasteiger partial charge in [-0.3, -0.25) is 9.59 Å². The molecule has 1 amide bonds. The van der Waals surface area contributed by atoms with Crippen LogP contribution in [0.15, 0.2) is 48.5 Å². The number of carbonyl (C=O) groups is 3. The Bertz CT molecular complexity index is 934. The fourth-order valence-corrected chi connectivity index (χ4v) is 2.80. The van der Waals surface area contributed by atoms with E-state index in [4.69, 9.17) is 14.2 Å². The van der Waals surface area contributed by atoms with Gasteiger partial charge in [0.05, 0.1) is 14.2 Å². The molecule has 1 N–H and O–H groups in total. The fourth-order valence-electron chi connectivity index (χ4n) is 2.80. The topological polar surface area (TPSA) is 90.9 Å². The molecule has 2 rings (SSSR count). The molecule has 2 aromatic carbocycles. The number of rotatable bonds is 11. The summed E-state index contributed by atoms with van der Waals surface area (Å²) in [6, 6.07) is 12.4. The number of hydrogen-bond acceptors (Lipinski definition) is 6. The van der Waals surface area contributed by atoms with Gasteiger partial charge in [-0.1, -0.05) is 30.3 Å². The van der Waals surface area contributed by atoms with Gasteiger partial charge in [-0.25, -0.2) is 4.79 Å². The zero-order chi connectivity index (χ0) is 22.6. The van der Waals surface area contributed by atoms with Crippen LogP contribution in [0.4, 0.5) is 0 Å². The second-order valence-electron chi connectivity index (χ2n) is 6.76. The zero-order valence-corrected chi connectivity index (χ0v) is 18.0. The molecule has 0 atom stereocenters. The van der Waals surface area contributed by atoms with Crippen molar-refractivity contribution in [1.82, 2.24) is 5.32 Å². The summed E-state index contributed by atoms with van der Waals surface area (Å²) >= 11 is 0. The zero-order valence-electron chi connectivity index (χ0n) is 18.0. The molecule has 0 saturated carbocycles. The molecule has 7 nitrogen and oxygen atoms in total. The van der Waals surface area contributed by atoms with E-state index < -0.39 is 5.97 Å². The lowest BCUT2D eigenvalue weighted by Crippen LogP contribution is -2.21. The normalized spacial score (nSPS) is 10.5. The van der Waals surface area contributed by atoms with Gasteiger partial charge in [-0.15, -0.1) is 0 Å². The van der Waals surface area contributed by atoms with Crippen molar-refractivity contribution in [1.29, 1.82) is 0 Å². The Morgan fingerprint density at radius 2 is 1.68 bits per heavy atom. The molecule has 2 aromatic rings. The summed E-state index contributed by atoms with van der Waals surface area (Å²) in [6.45, 7) is 1.76. The van der Waals surface area contributed by atoms with E-state index in [2.05, 4.69) is 5.32 Å². The molecule has 0 radical (unpaired) electrons. The van der Waals surface area contributed by atoms with Gasteiger partial charge in [0.1, 0.15) is 0 Å². The van der Waals surface area contributed by atoms with Gasteiger partial charge in [-0.05, 0) is 42.2 Å². The van der Waals surface area contributed by atoms with E-state index in [1.54, 1.807) is 43.5 Å². The molecule has 0 aliphatic rings. The average molecular weight is 425 g/mol. The maximum absolute atomic E-state index is 12.2. The number of carbonyl (C=O) groups excluding carboxylic acids is 3. The maximum Gasteiger partial charge on any atom is 0.331 e. The van der Waals surface area contributed by atoms with Crippen LogP contribution in [-0.4, -0.2) is 45.0 Å². The van der Waals surface area contributed by atoms with Crippen LogP contribution in [0.2, 0.25) is 0 Å². The third kappa shape index (κ3) is 7.97. The first-order valence-corrected chi connectivity index (χ1v) is 9.86. The van der Waals surface area contributed by atoms with E-state index in [1.165, 1.54) is 20.1 Å². The van der Waals surface area contributed by atoms with Gasteiger partial charge in [0, 0.05) is 25.1 Å². The van der Waals surface area contributed by atoms with E-state index in [-0.39, 0.29) is 18.3 Å². The van der Waals surface area contributed by atoms with Crippen molar-refractivity contribution < 1.29 is 28.6 Å². The van der Waals surface area contributed by atoms with Crippen molar-refractivity contribution in [2.75, 3.05) is 27.4 Å². The minimum absolute atomic E-state index is 0.0472. The lowest BCUT2D eigenvalue weighted by atomic mass is 10.1. The predicted molar refractivity (Wildman–Crippen MR) is 117 cm³/mol. The molecule has 0 bridgehead atoms. The number of methoxy groups -OCH3 is 2. The molecule has 0 aliphatic carbocycles. The Morgan fingerprint density at radius 3 is 2.32 bits per heavy atom. The smallest absolute Gasteiger partial charge is 0.331 e. The van der Waals surface area contributed by atoms with Crippen molar-refractivity contribution >= 4 is 23.7 Å². The number of Topliss-reactive ketones (excluding diaryl/α,β-unsaturated/α-hetero) is 1. The molecule has 0 aliphatic heterocycles. The minimum Gasteiger partial charge on any atom is -0.493 e. The summed E-state index contributed by atoms with van der Waals surface area (Å²) < 4.78 is 15.4. The molecule has 0 saturated heterocycles. The quantitative estimate of drug-likeness (QED) is 0.257. The summed E-state index contributed by atoms with van der Waals surface area (Å²) in [4.78, 5) is 35.0. The summed E-state index contributed by atoms with van der Waals surface area (Å²) in [5.41, 5.74) is 2.27. The van der Waals surface area contributed by atoms with Crippen molar-refractivity contribution in [3.05, 3.63) is 65.2 Å². The number of aryl methyl sites for hydroxylation is 1. The lowest BCUT2D eigenvalue weighted by Gasteiger charge is -2.07. The van der Waals surface area contributed by atoms with Gasteiger partial charge >= 0.3 is 5.97 Å². The highest BCUT2D eigenvalue weighted by atomic mass is 16.5. The molecular weight excluding hydrogens is 398 g/mol. The van der Waals surface area contributed by atoms with E-state index >= 15 is 0 Å². The number of nitrogens with one attached hydrogen (secondary N) is 1. The predicted octanol–water partition coefficient (Wildman–Crippen LogP) is 3.21. The first-order valence-electron chi connectivity index (χ1n) is 9.86. The Kier molecular flexibility index (Phi) is 9.29. The standard InChI is InChI=1S/C24H27NO6/c1-17(26)25-14-4-5-18-6-10-20(11-7-18)21(27)16-31-24(28)13-9-19-8-12-22(29-2)23(15-19)30-3/h6-13,15H,4-5,14,16H2,1-3H3,(H,25,26)/b13-9+. The van der Waals surface area contributed by atoms with Gasteiger partial charge in [-0.2, -0.15) is 0 Å². The van der Waals surface area contributed by atoms with Crippen molar-refractivity contribution in [3.8, 4) is 11.5 Å². The van der Waals surface area contributed by atoms with Gasteiger partial charge in [0.2, 0.25) is 5.91 Å². The van der Waals surface area contributed by atoms with Crippen molar-refractivity contribution in [2.45, 2.75) is 19.8 Å². The lowest BCUT2D eigenvalue weighted by molar-refractivity contribution is -0.136. The summed E-state index contributed by atoms with van der Waals surface area (Å²) in [6.07, 6.45) is 4.44. The van der Waals surface area contributed by atoms with E-state index in [1.807, 2.05) is 12.1 Å². The number of benzene rings is 2. The monoisotopic (exact) mass is 425 g/mol. The van der Waals surface area contributed by atoms with Crippen molar-refractivity contribution in [2.24, 2.45) is 0 Å². The van der Waals surface area contributed by atoms with Crippen LogP contribution < -0.4 is 14.8 Å². The van der Waals surface area contributed by atoms with Crippen LogP contribution in [0.1, 0.15) is 34.8 Å². The Hall–Kier alpha value is -3.61. The van der Waals surface area contributed by atoms with E-state index in [0.717, 1.165) is 24.0 Å². The summed E-state index contributed by atoms with van der Waals surface area (Å²) in [5.74, 6) is 0.197. The van der Waals surface area contributed by atoms with Crippen LogP contribution in [-0.2, 0) is 20.7 Å². The van der Waals surface area contributed by atoms with Crippen LogP contribution in [0.25, 0.3) is 6.08 Å². The molecular formula is C24H27NO6. The number of hydrogen-bond donors (Lipinski definition) is 1. The highest BCUT2D eigenvalue weighted by Gasteiger charge is 2.09. The molecule has 0 aromatic heterocycles. The molecule has 0 unspecified atom stereocenters. The Balaban J connectivity index is 1.81. The first-order chi connectivity index (χ1) is 14.9. The van der Waals surface area contributed by atoms with Gasteiger partial charge in [0.25, 0.3) is 0 Å². The second-order valence-corrected chi connectivity index (χ2v) is 6.76. The fraction of sp³-hybridized carbons (Fsp3) is 0.292. The number of ether oxygens (including phenoxy) is 3. The third-order valence-corrected chi connectivity index (χ3v) is 4.46. The Labute approximate surface area is 182 Å². The number of esters is 1. The van der Waals surface area contributed by atoms with Crippen LogP contribution in [0, 0.1) is 0 Å². The van der Waals surface area contributed by atoms with Crippen LogP contribution in [0.3, 0.4) is 0 Å². The molecule has 7 heteroatoms. The first kappa shape index (κ1) is 23.7. The van der Waals surface area contributed by atoms with E-state index in [0.29, 0.717) is 23.6 Å². The summed E-state index contributed by atoms with van der Waals surface area (Å²) in [5, 5.41) is 2.75.